The maximum Gasteiger partial charge on any atom is 0.327 e. The minimum atomic E-state index is -0.409. The molecule has 0 bridgehead atoms. The van der Waals surface area contributed by atoms with Gasteiger partial charge in [0.2, 0.25) is 0 Å². The Labute approximate surface area is 118 Å². The molecule has 1 aromatic rings. The van der Waals surface area contributed by atoms with E-state index in [1.54, 1.807) is 11.1 Å². The summed E-state index contributed by atoms with van der Waals surface area (Å²) in [7, 11) is 1.52. The van der Waals surface area contributed by atoms with Crippen LogP contribution in [-0.2, 0) is 4.79 Å². The van der Waals surface area contributed by atoms with Crippen LogP contribution < -0.4 is 4.90 Å². The van der Waals surface area contributed by atoms with Gasteiger partial charge in [-0.3, -0.25) is 9.69 Å². The third-order valence-corrected chi connectivity index (χ3v) is 4.04. The maximum atomic E-state index is 12.0. The fourth-order valence-electron chi connectivity index (χ4n) is 2.46. The Morgan fingerprint density at radius 1 is 1.37 bits per heavy atom. The number of likely N-dealkylation sites (N-methyl/N-ethyl adjacent to an activating group) is 1. The number of anilines is 1. The van der Waals surface area contributed by atoms with E-state index in [1.165, 1.54) is 18.3 Å². The zero-order valence-electron chi connectivity index (χ0n) is 10.3. The normalized spacial score (nSPS) is 23.1. The van der Waals surface area contributed by atoms with Crippen LogP contribution in [0.15, 0.2) is 17.0 Å². The quantitative estimate of drug-likeness (QED) is 0.695. The van der Waals surface area contributed by atoms with Crippen molar-refractivity contribution in [1.82, 2.24) is 19.8 Å². The van der Waals surface area contributed by atoms with Crippen LogP contribution in [0.4, 0.5) is 10.6 Å². The van der Waals surface area contributed by atoms with Crippen molar-refractivity contribution < 1.29 is 9.59 Å². The lowest BCUT2D eigenvalue weighted by Gasteiger charge is -2.36. The molecule has 0 radical (unpaired) electrons. The van der Waals surface area contributed by atoms with E-state index in [1.807, 2.05) is 4.90 Å². The summed E-state index contributed by atoms with van der Waals surface area (Å²) in [5, 5.41) is 0. The summed E-state index contributed by atoms with van der Waals surface area (Å²) < 4.78 is 0.786. The molecule has 0 aliphatic carbocycles. The Kier molecular flexibility index (Phi) is 2.89. The smallest absolute Gasteiger partial charge is 0.327 e. The molecular formula is C11H12BrN5O2. The first-order valence-electron chi connectivity index (χ1n) is 5.88. The third kappa shape index (κ3) is 1.86. The molecule has 2 fully saturated rings. The topological polar surface area (TPSA) is 69.6 Å². The molecular weight excluding hydrogens is 314 g/mol. The fourth-order valence-corrected chi connectivity index (χ4v) is 2.94. The molecule has 0 spiro atoms. The van der Waals surface area contributed by atoms with Gasteiger partial charge in [0, 0.05) is 32.9 Å². The standard InChI is InChI=1S/C11H12BrN5O2/c1-15-10(18)8-5-16(2-3-17(8)11(15)19)9-7(12)4-13-6-14-9/h4,6,8H,2-3,5H2,1H3. The summed E-state index contributed by atoms with van der Waals surface area (Å²) in [6, 6.07) is -0.621. The lowest BCUT2D eigenvalue weighted by Crippen LogP contribution is -2.53. The highest BCUT2D eigenvalue weighted by molar-refractivity contribution is 9.10. The molecule has 3 rings (SSSR count). The van der Waals surface area contributed by atoms with E-state index in [2.05, 4.69) is 25.9 Å². The minimum absolute atomic E-state index is 0.153. The molecule has 0 aromatic carbocycles. The average molecular weight is 326 g/mol. The number of amides is 3. The molecule has 2 aliphatic rings. The number of nitrogens with zero attached hydrogens (tertiary/aromatic N) is 5. The van der Waals surface area contributed by atoms with Crippen molar-refractivity contribution >= 4 is 33.7 Å². The Morgan fingerprint density at radius 2 is 2.16 bits per heavy atom. The van der Waals surface area contributed by atoms with Crippen molar-refractivity contribution in [3.8, 4) is 0 Å². The molecule has 7 nitrogen and oxygen atoms in total. The molecule has 2 aliphatic heterocycles. The summed E-state index contributed by atoms with van der Waals surface area (Å²) >= 11 is 3.40. The number of hydrogen-bond donors (Lipinski definition) is 0. The zero-order valence-corrected chi connectivity index (χ0v) is 11.9. The summed E-state index contributed by atoms with van der Waals surface area (Å²) in [6.45, 7) is 1.64. The van der Waals surface area contributed by atoms with Gasteiger partial charge in [-0.1, -0.05) is 0 Å². The molecule has 2 saturated heterocycles. The van der Waals surface area contributed by atoms with E-state index in [4.69, 9.17) is 0 Å². The molecule has 0 N–H and O–H groups in total. The maximum absolute atomic E-state index is 12.0. The molecule has 100 valence electrons. The number of aromatic nitrogens is 2. The highest BCUT2D eigenvalue weighted by Gasteiger charge is 2.46. The first-order chi connectivity index (χ1) is 9.09. The van der Waals surface area contributed by atoms with Gasteiger partial charge in [-0.15, -0.1) is 0 Å². The van der Waals surface area contributed by atoms with Gasteiger partial charge in [0.05, 0.1) is 4.47 Å². The van der Waals surface area contributed by atoms with E-state index in [-0.39, 0.29) is 11.9 Å². The monoisotopic (exact) mass is 325 g/mol. The van der Waals surface area contributed by atoms with Crippen LogP contribution in [0.3, 0.4) is 0 Å². The predicted molar refractivity (Wildman–Crippen MR) is 70.6 cm³/mol. The molecule has 1 unspecified atom stereocenters. The number of carbonyl (C=O) groups is 2. The van der Waals surface area contributed by atoms with Crippen LogP contribution in [0.25, 0.3) is 0 Å². The SMILES string of the molecule is CN1C(=O)C2CN(c3ncncc3Br)CCN2C1=O. The minimum Gasteiger partial charge on any atom is -0.351 e. The van der Waals surface area contributed by atoms with Crippen LogP contribution >= 0.6 is 15.9 Å². The number of rotatable bonds is 1. The highest BCUT2D eigenvalue weighted by Crippen LogP contribution is 2.27. The number of imide groups is 1. The predicted octanol–water partition coefficient (Wildman–Crippen LogP) is 0.322. The van der Waals surface area contributed by atoms with Crippen molar-refractivity contribution in [3.05, 3.63) is 17.0 Å². The Balaban J connectivity index is 1.86. The van der Waals surface area contributed by atoms with Crippen LogP contribution in [0.5, 0.6) is 0 Å². The van der Waals surface area contributed by atoms with Gasteiger partial charge in [0.15, 0.2) is 0 Å². The highest BCUT2D eigenvalue weighted by atomic mass is 79.9. The molecule has 8 heteroatoms. The lowest BCUT2D eigenvalue weighted by atomic mass is 10.2. The molecule has 3 heterocycles. The fraction of sp³-hybridized carbons (Fsp3) is 0.455. The second kappa shape index (κ2) is 4.44. The first-order valence-corrected chi connectivity index (χ1v) is 6.67. The third-order valence-electron chi connectivity index (χ3n) is 3.48. The van der Waals surface area contributed by atoms with Crippen molar-refractivity contribution in [3.63, 3.8) is 0 Å². The summed E-state index contributed by atoms with van der Waals surface area (Å²) in [6.07, 6.45) is 3.14. The van der Waals surface area contributed by atoms with Gasteiger partial charge in [-0.2, -0.15) is 0 Å². The van der Waals surface area contributed by atoms with Gasteiger partial charge in [-0.05, 0) is 15.9 Å². The van der Waals surface area contributed by atoms with E-state index >= 15 is 0 Å². The van der Waals surface area contributed by atoms with Crippen molar-refractivity contribution in [1.29, 1.82) is 0 Å². The van der Waals surface area contributed by atoms with E-state index in [0.717, 1.165) is 10.3 Å². The van der Waals surface area contributed by atoms with Crippen LogP contribution in [-0.4, -0.2) is 64.4 Å². The van der Waals surface area contributed by atoms with Gasteiger partial charge in [0.1, 0.15) is 18.2 Å². The number of halogens is 1. The summed E-state index contributed by atoms with van der Waals surface area (Å²) in [5.41, 5.74) is 0. The van der Waals surface area contributed by atoms with Gasteiger partial charge in [0.25, 0.3) is 5.91 Å². The van der Waals surface area contributed by atoms with E-state index < -0.39 is 6.04 Å². The zero-order chi connectivity index (χ0) is 13.6. The van der Waals surface area contributed by atoms with Gasteiger partial charge >= 0.3 is 6.03 Å². The summed E-state index contributed by atoms with van der Waals surface area (Å²) in [4.78, 5) is 36.8. The van der Waals surface area contributed by atoms with Crippen molar-refractivity contribution in [2.24, 2.45) is 0 Å². The molecule has 1 atom stereocenters. The average Bonchev–Trinajstić information content (AvgIpc) is 2.64. The molecule has 3 amide bonds. The molecule has 0 saturated carbocycles. The molecule has 1 aromatic heterocycles. The van der Waals surface area contributed by atoms with Crippen LogP contribution in [0.1, 0.15) is 0 Å². The van der Waals surface area contributed by atoms with Crippen molar-refractivity contribution in [2.75, 3.05) is 31.6 Å². The number of carbonyl (C=O) groups excluding carboxylic acids is 2. The number of fused-ring (bicyclic) bond motifs is 1. The largest absolute Gasteiger partial charge is 0.351 e. The first kappa shape index (κ1) is 12.3. The number of piperazine rings is 1. The summed E-state index contributed by atoms with van der Waals surface area (Å²) in [5.74, 6) is 0.601. The number of hydrogen-bond acceptors (Lipinski definition) is 5. The van der Waals surface area contributed by atoms with Crippen molar-refractivity contribution in [2.45, 2.75) is 6.04 Å². The molecule has 19 heavy (non-hydrogen) atoms. The second-order valence-electron chi connectivity index (χ2n) is 4.53. The Bertz CT molecular complexity index is 552. The van der Waals surface area contributed by atoms with Gasteiger partial charge in [-0.25, -0.2) is 14.8 Å². The van der Waals surface area contributed by atoms with Gasteiger partial charge < -0.3 is 9.80 Å². The second-order valence-corrected chi connectivity index (χ2v) is 5.38. The van der Waals surface area contributed by atoms with Crippen LogP contribution in [0, 0.1) is 0 Å². The van der Waals surface area contributed by atoms with Crippen LogP contribution in [0.2, 0.25) is 0 Å². The van der Waals surface area contributed by atoms with E-state index in [9.17, 15) is 9.59 Å². The Hall–Kier alpha value is -1.70. The number of urea groups is 1. The Morgan fingerprint density at radius 3 is 2.89 bits per heavy atom. The lowest BCUT2D eigenvalue weighted by molar-refractivity contribution is -0.127. The van der Waals surface area contributed by atoms with E-state index in [0.29, 0.717) is 19.6 Å².